The number of ether oxygens (including phenoxy) is 1. The van der Waals surface area contributed by atoms with E-state index in [-0.39, 0.29) is 12.1 Å². The molecule has 1 fully saturated rings. The Hall–Kier alpha value is -1.69. The summed E-state index contributed by atoms with van der Waals surface area (Å²) in [6.07, 6.45) is 10.5. The van der Waals surface area contributed by atoms with E-state index in [1.807, 2.05) is 45.9 Å². The molecular formula is C15H24N2O. The van der Waals surface area contributed by atoms with E-state index in [0.717, 1.165) is 12.2 Å². The van der Waals surface area contributed by atoms with Crippen LogP contribution in [0.1, 0.15) is 34.1 Å². The van der Waals surface area contributed by atoms with Crippen LogP contribution in [0.3, 0.4) is 0 Å². The van der Waals surface area contributed by atoms with Gasteiger partial charge in [0.15, 0.2) is 6.19 Å². The molecule has 0 amide bonds. The Kier molecular flexibility index (Phi) is 8.47. The van der Waals surface area contributed by atoms with Gasteiger partial charge in [-0.15, -0.1) is 0 Å². The van der Waals surface area contributed by atoms with Crippen molar-refractivity contribution in [3.05, 3.63) is 36.6 Å². The van der Waals surface area contributed by atoms with E-state index in [0.29, 0.717) is 6.54 Å². The molecular weight excluding hydrogens is 224 g/mol. The number of hydrogen-bond donors (Lipinski definition) is 0. The maximum absolute atomic E-state index is 8.87. The lowest BCUT2D eigenvalue weighted by atomic mass is 10.2. The number of rotatable bonds is 4. The van der Waals surface area contributed by atoms with E-state index >= 15 is 0 Å². The van der Waals surface area contributed by atoms with Crippen LogP contribution in [0.2, 0.25) is 0 Å². The van der Waals surface area contributed by atoms with Crippen LogP contribution >= 0.6 is 0 Å². The standard InChI is InChI=1S/C13H18N2O.C2H6/c1-4-6-12(7-5-2)16-13-8-11(3)15(9-13)10-14;1-2/h4-7,11,13H,1,8-9H2,2-3H3;1-2H3/b7-5-,12-6+;. The van der Waals surface area contributed by atoms with Gasteiger partial charge in [-0.1, -0.05) is 32.6 Å². The van der Waals surface area contributed by atoms with Gasteiger partial charge >= 0.3 is 0 Å². The fourth-order valence-corrected chi connectivity index (χ4v) is 1.81. The minimum Gasteiger partial charge on any atom is -0.488 e. The molecule has 0 saturated carbocycles. The topological polar surface area (TPSA) is 36.3 Å². The highest BCUT2D eigenvalue weighted by atomic mass is 16.5. The molecule has 1 aliphatic heterocycles. The summed E-state index contributed by atoms with van der Waals surface area (Å²) in [5.41, 5.74) is 0. The fourth-order valence-electron chi connectivity index (χ4n) is 1.81. The summed E-state index contributed by atoms with van der Waals surface area (Å²) in [5, 5.41) is 8.87. The summed E-state index contributed by atoms with van der Waals surface area (Å²) in [7, 11) is 0. The van der Waals surface area contributed by atoms with Crippen molar-refractivity contribution < 1.29 is 4.74 Å². The number of nitriles is 1. The van der Waals surface area contributed by atoms with Crippen molar-refractivity contribution >= 4 is 0 Å². The zero-order valence-electron chi connectivity index (χ0n) is 11.9. The second-order valence-corrected chi connectivity index (χ2v) is 3.88. The van der Waals surface area contributed by atoms with Crippen molar-refractivity contribution in [1.82, 2.24) is 4.90 Å². The molecule has 1 heterocycles. The Morgan fingerprint density at radius 3 is 2.61 bits per heavy atom. The first kappa shape index (κ1) is 16.3. The Labute approximate surface area is 111 Å². The molecule has 2 atom stereocenters. The summed E-state index contributed by atoms with van der Waals surface area (Å²) in [6, 6.07) is 0.269. The van der Waals surface area contributed by atoms with E-state index in [2.05, 4.69) is 12.8 Å². The third-order valence-corrected chi connectivity index (χ3v) is 2.58. The van der Waals surface area contributed by atoms with Crippen molar-refractivity contribution in [3.63, 3.8) is 0 Å². The predicted molar refractivity (Wildman–Crippen MR) is 75.7 cm³/mol. The molecule has 0 N–H and O–H groups in total. The highest BCUT2D eigenvalue weighted by molar-refractivity contribution is 5.17. The van der Waals surface area contributed by atoms with Gasteiger partial charge in [0.05, 0.1) is 6.54 Å². The summed E-state index contributed by atoms with van der Waals surface area (Å²) in [4.78, 5) is 1.76. The third kappa shape index (κ3) is 5.09. The lowest BCUT2D eigenvalue weighted by Crippen LogP contribution is -2.22. The van der Waals surface area contributed by atoms with Gasteiger partial charge in [0.2, 0.25) is 0 Å². The van der Waals surface area contributed by atoms with E-state index in [1.54, 1.807) is 11.0 Å². The smallest absolute Gasteiger partial charge is 0.179 e. The lowest BCUT2D eigenvalue weighted by Gasteiger charge is -2.13. The first-order valence-corrected chi connectivity index (χ1v) is 6.49. The van der Waals surface area contributed by atoms with Crippen molar-refractivity contribution in [3.8, 4) is 6.19 Å². The lowest BCUT2D eigenvalue weighted by molar-refractivity contribution is 0.135. The monoisotopic (exact) mass is 248 g/mol. The molecule has 3 heteroatoms. The number of allylic oxidation sites excluding steroid dienone is 4. The first-order valence-electron chi connectivity index (χ1n) is 6.49. The average Bonchev–Trinajstić information content (AvgIpc) is 2.72. The van der Waals surface area contributed by atoms with Gasteiger partial charge in [0.1, 0.15) is 11.9 Å². The second-order valence-electron chi connectivity index (χ2n) is 3.88. The molecule has 18 heavy (non-hydrogen) atoms. The maximum atomic E-state index is 8.87. The first-order chi connectivity index (χ1) is 8.71. The summed E-state index contributed by atoms with van der Waals surface area (Å²) >= 11 is 0. The number of nitrogens with zero attached hydrogens (tertiary/aromatic N) is 2. The van der Waals surface area contributed by atoms with E-state index in [4.69, 9.17) is 10.00 Å². The van der Waals surface area contributed by atoms with Crippen LogP contribution in [0, 0.1) is 11.5 Å². The molecule has 0 bridgehead atoms. The SMILES string of the molecule is C=C/C=C(\C=C/C)OC1CC(C)N(C#N)C1.CC. The van der Waals surface area contributed by atoms with Gasteiger partial charge < -0.3 is 9.64 Å². The molecule has 0 radical (unpaired) electrons. The normalized spacial score (nSPS) is 23.3. The largest absolute Gasteiger partial charge is 0.488 e. The van der Waals surface area contributed by atoms with E-state index in [9.17, 15) is 0 Å². The number of hydrogen-bond acceptors (Lipinski definition) is 3. The van der Waals surface area contributed by atoms with E-state index in [1.165, 1.54) is 0 Å². The van der Waals surface area contributed by atoms with Crippen molar-refractivity contribution in [1.29, 1.82) is 5.26 Å². The predicted octanol–water partition coefficient (Wildman–Crippen LogP) is 3.62. The van der Waals surface area contributed by atoms with E-state index < -0.39 is 0 Å². The molecule has 2 unspecified atom stereocenters. The van der Waals surface area contributed by atoms with Crippen LogP contribution in [0.25, 0.3) is 0 Å². The molecule has 1 rings (SSSR count). The molecule has 3 nitrogen and oxygen atoms in total. The van der Waals surface area contributed by atoms with Crippen LogP contribution in [0.5, 0.6) is 0 Å². The molecule has 0 spiro atoms. The average molecular weight is 248 g/mol. The van der Waals surface area contributed by atoms with Crippen LogP contribution < -0.4 is 0 Å². The highest BCUT2D eigenvalue weighted by Gasteiger charge is 2.29. The van der Waals surface area contributed by atoms with Gasteiger partial charge in [0.25, 0.3) is 0 Å². The Morgan fingerprint density at radius 1 is 1.50 bits per heavy atom. The summed E-state index contributed by atoms with van der Waals surface area (Å²) < 4.78 is 5.80. The molecule has 0 aromatic carbocycles. The summed E-state index contributed by atoms with van der Waals surface area (Å²) in [6.45, 7) is 12.3. The molecule has 1 saturated heterocycles. The Morgan fingerprint density at radius 2 is 2.17 bits per heavy atom. The van der Waals surface area contributed by atoms with Gasteiger partial charge in [-0.2, -0.15) is 5.26 Å². The summed E-state index contributed by atoms with van der Waals surface area (Å²) in [5.74, 6) is 0.800. The van der Waals surface area contributed by atoms with Crippen molar-refractivity contribution in [2.45, 2.75) is 46.3 Å². The molecule has 0 aliphatic carbocycles. The highest BCUT2D eigenvalue weighted by Crippen LogP contribution is 2.21. The molecule has 0 aromatic heterocycles. The van der Waals surface area contributed by atoms with Crippen molar-refractivity contribution in [2.24, 2.45) is 0 Å². The van der Waals surface area contributed by atoms with Gasteiger partial charge in [-0.05, 0) is 26.0 Å². The minimum atomic E-state index is 0.0945. The minimum absolute atomic E-state index is 0.0945. The zero-order chi connectivity index (χ0) is 14.0. The van der Waals surface area contributed by atoms with Gasteiger partial charge in [-0.25, -0.2) is 0 Å². The Balaban J connectivity index is 0.00000137. The van der Waals surface area contributed by atoms with Gasteiger partial charge in [-0.3, -0.25) is 0 Å². The van der Waals surface area contributed by atoms with Crippen LogP contribution in [-0.4, -0.2) is 23.6 Å². The molecule has 0 aromatic rings. The zero-order valence-corrected chi connectivity index (χ0v) is 11.9. The Bertz CT molecular complexity index is 339. The second kappa shape index (κ2) is 9.35. The molecule has 1 aliphatic rings. The maximum Gasteiger partial charge on any atom is 0.179 e. The number of likely N-dealkylation sites (tertiary alicyclic amines) is 1. The third-order valence-electron chi connectivity index (χ3n) is 2.58. The van der Waals surface area contributed by atoms with Crippen LogP contribution in [-0.2, 0) is 4.74 Å². The quantitative estimate of drug-likeness (QED) is 0.433. The van der Waals surface area contributed by atoms with Crippen molar-refractivity contribution in [2.75, 3.05) is 6.54 Å². The van der Waals surface area contributed by atoms with Gasteiger partial charge in [0, 0.05) is 12.5 Å². The fraction of sp³-hybridized carbons (Fsp3) is 0.533. The van der Waals surface area contributed by atoms with Crippen LogP contribution in [0.15, 0.2) is 36.6 Å². The van der Waals surface area contributed by atoms with Crippen LogP contribution in [0.4, 0.5) is 0 Å². The molecule has 100 valence electrons.